The number of rotatable bonds is 6. The van der Waals surface area contributed by atoms with Crippen LogP contribution in [0.25, 0.3) is 11.1 Å². The molecule has 4 rings (SSSR count). The Bertz CT molecular complexity index is 883. The van der Waals surface area contributed by atoms with E-state index in [1.165, 1.54) is 18.3 Å². The Balaban J connectivity index is 1.59. The summed E-state index contributed by atoms with van der Waals surface area (Å²) < 4.78 is 40.2. The van der Waals surface area contributed by atoms with Crippen molar-refractivity contribution in [1.29, 1.82) is 0 Å². The van der Waals surface area contributed by atoms with Gasteiger partial charge in [0.1, 0.15) is 23.5 Å². The van der Waals surface area contributed by atoms with E-state index in [1.54, 1.807) is 24.4 Å². The number of halogens is 2. The maximum absolute atomic E-state index is 14.6. The highest BCUT2D eigenvalue weighted by molar-refractivity contribution is 5.69. The first kappa shape index (κ1) is 17.6. The van der Waals surface area contributed by atoms with Crippen LogP contribution in [-0.2, 0) is 12.8 Å². The van der Waals surface area contributed by atoms with E-state index in [4.69, 9.17) is 9.26 Å². The molecule has 0 bridgehead atoms. The van der Waals surface area contributed by atoms with Crippen molar-refractivity contribution in [2.24, 2.45) is 0 Å². The molecule has 140 valence electrons. The first-order chi connectivity index (χ1) is 13.2. The normalized spacial score (nSPS) is 14.6. The fourth-order valence-electron chi connectivity index (χ4n) is 3.49. The zero-order valence-corrected chi connectivity index (χ0v) is 14.8. The topological polar surface area (TPSA) is 48.2 Å². The summed E-state index contributed by atoms with van der Waals surface area (Å²) in [6.07, 6.45) is 8.09. The van der Waals surface area contributed by atoms with Crippen molar-refractivity contribution in [2.45, 2.75) is 44.6 Å². The number of hydrogen-bond acceptors (Lipinski definition) is 4. The van der Waals surface area contributed by atoms with E-state index in [9.17, 15) is 8.78 Å². The van der Waals surface area contributed by atoms with Crippen molar-refractivity contribution in [3.63, 3.8) is 0 Å². The predicted octanol–water partition coefficient (Wildman–Crippen LogP) is 5.12. The molecule has 0 unspecified atom stereocenters. The van der Waals surface area contributed by atoms with Gasteiger partial charge in [-0.3, -0.25) is 0 Å². The lowest BCUT2D eigenvalue weighted by atomic mass is 10.0. The van der Waals surface area contributed by atoms with Gasteiger partial charge in [0.2, 0.25) is 5.88 Å². The molecule has 0 amide bonds. The van der Waals surface area contributed by atoms with Crippen LogP contribution >= 0.6 is 0 Å². The molecule has 0 aliphatic heterocycles. The summed E-state index contributed by atoms with van der Waals surface area (Å²) in [4.78, 5) is 4.28. The average molecular weight is 370 g/mol. The molecule has 0 spiro atoms. The molecular weight excluding hydrogens is 350 g/mol. The van der Waals surface area contributed by atoms with Crippen LogP contribution in [0.3, 0.4) is 0 Å². The molecule has 6 heteroatoms. The van der Waals surface area contributed by atoms with Gasteiger partial charge in [-0.2, -0.15) is 0 Å². The Morgan fingerprint density at radius 2 is 1.81 bits per heavy atom. The van der Waals surface area contributed by atoms with Crippen LogP contribution in [0, 0.1) is 11.6 Å². The molecule has 4 nitrogen and oxygen atoms in total. The Morgan fingerprint density at radius 1 is 1.04 bits per heavy atom. The molecule has 1 saturated carbocycles. The molecule has 0 saturated heterocycles. The van der Waals surface area contributed by atoms with Crippen LogP contribution in [0.15, 0.2) is 47.2 Å². The van der Waals surface area contributed by atoms with Gasteiger partial charge in [0.25, 0.3) is 0 Å². The molecule has 3 aromatic rings. The predicted molar refractivity (Wildman–Crippen MR) is 96.4 cm³/mol. The van der Waals surface area contributed by atoms with E-state index in [0.29, 0.717) is 29.2 Å². The summed E-state index contributed by atoms with van der Waals surface area (Å²) in [6, 6.07) is 7.89. The van der Waals surface area contributed by atoms with Crippen molar-refractivity contribution >= 4 is 0 Å². The lowest BCUT2D eigenvalue weighted by molar-refractivity contribution is 0.202. The third kappa shape index (κ3) is 3.99. The SMILES string of the molecule is Fc1cc(-c2cccnc2OC2CCCC2)cc(F)c1CCc1ccno1. The fraction of sp³-hybridized carbons (Fsp3) is 0.333. The minimum atomic E-state index is -0.583. The van der Waals surface area contributed by atoms with Crippen molar-refractivity contribution < 1.29 is 18.0 Å². The van der Waals surface area contributed by atoms with Gasteiger partial charge >= 0.3 is 0 Å². The Kier molecular flexibility index (Phi) is 5.14. The van der Waals surface area contributed by atoms with Gasteiger partial charge in [-0.05, 0) is 61.9 Å². The number of nitrogens with zero attached hydrogens (tertiary/aromatic N) is 2. The van der Waals surface area contributed by atoms with Crippen LogP contribution in [0.5, 0.6) is 5.88 Å². The average Bonchev–Trinajstić information content (AvgIpc) is 3.35. The molecule has 1 aromatic carbocycles. The summed E-state index contributed by atoms with van der Waals surface area (Å²) in [5, 5.41) is 3.60. The first-order valence-corrected chi connectivity index (χ1v) is 9.20. The van der Waals surface area contributed by atoms with E-state index >= 15 is 0 Å². The minimum Gasteiger partial charge on any atom is -0.474 e. The van der Waals surface area contributed by atoms with Crippen LogP contribution in [-0.4, -0.2) is 16.2 Å². The van der Waals surface area contributed by atoms with E-state index < -0.39 is 11.6 Å². The molecule has 2 heterocycles. The molecule has 2 aromatic heterocycles. The molecule has 0 N–H and O–H groups in total. The summed E-state index contributed by atoms with van der Waals surface area (Å²) >= 11 is 0. The number of ether oxygens (including phenoxy) is 1. The zero-order chi connectivity index (χ0) is 18.6. The Morgan fingerprint density at radius 3 is 2.52 bits per heavy atom. The van der Waals surface area contributed by atoms with Gasteiger partial charge in [-0.25, -0.2) is 13.8 Å². The molecule has 1 aliphatic rings. The number of aromatic nitrogens is 2. The fourth-order valence-corrected chi connectivity index (χ4v) is 3.49. The molecule has 1 fully saturated rings. The van der Waals surface area contributed by atoms with Crippen molar-refractivity contribution in [3.05, 3.63) is 65.7 Å². The van der Waals surface area contributed by atoms with Crippen LogP contribution in [0.2, 0.25) is 0 Å². The maximum atomic E-state index is 14.6. The summed E-state index contributed by atoms with van der Waals surface area (Å²) in [5.41, 5.74) is 1.07. The highest BCUT2D eigenvalue weighted by Gasteiger charge is 2.20. The lowest BCUT2D eigenvalue weighted by Crippen LogP contribution is -2.12. The monoisotopic (exact) mass is 370 g/mol. The van der Waals surface area contributed by atoms with Gasteiger partial charge in [0.05, 0.1) is 6.20 Å². The van der Waals surface area contributed by atoms with Gasteiger partial charge < -0.3 is 9.26 Å². The minimum absolute atomic E-state index is 0.0392. The molecule has 1 aliphatic carbocycles. The van der Waals surface area contributed by atoms with Crippen molar-refractivity contribution in [1.82, 2.24) is 10.1 Å². The number of hydrogen-bond donors (Lipinski definition) is 0. The molecular formula is C21H20F2N2O2. The third-order valence-electron chi connectivity index (χ3n) is 4.92. The second-order valence-electron chi connectivity index (χ2n) is 6.78. The van der Waals surface area contributed by atoms with Crippen LogP contribution in [0.4, 0.5) is 8.78 Å². The van der Waals surface area contributed by atoms with Gasteiger partial charge in [0, 0.05) is 29.8 Å². The summed E-state index contributed by atoms with van der Waals surface area (Å²) in [7, 11) is 0. The van der Waals surface area contributed by atoms with E-state index in [0.717, 1.165) is 25.7 Å². The Hall–Kier alpha value is -2.76. The van der Waals surface area contributed by atoms with Crippen LogP contribution in [0.1, 0.15) is 37.0 Å². The second kappa shape index (κ2) is 7.86. The van der Waals surface area contributed by atoms with E-state index in [2.05, 4.69) is 10.1 Å². The third-order valence-corrected chi connectivity index (χ3v) is 4.92. The largest absolute Gasteiger partial charge is 0.474 e. The molecule has 0 radical (unpaired) electrons. The molecule has 0 atom stereocenters. The lowest BCUT2D eigenvalue weighted by Gasteiger charge is -2.16. The Labute approximate surface area is 156 Å². The van der Waals surface area contributed by atoms with Gasteiger partial charge in [-0.1, -0.05) is 5.16 Å². The number of benzene rings is 1. The first-order valence-electron chi connectivity index (χ1n) is 9.20. The van der Waals surface area contributed by atoms with E-state index in [-0.39, 0.29) is 18.1 Å². The number of pyridine rings is 1. The molecule has 27 heavy (non-hydrogen) atoms. The van der Waals surface area contributed by atoms with Crippen molar-refractivity contribution in [2.75, 3.05) is 0 Å². The highest BCUT2D eigenvalue weighted by atomic mass is 19.1. The highest BCUT2D eigenvalue weighted by Crippen LogP contribution is 2.33. The second-order valence-corrected chi connectivity index (χ2v) is 6.78. The number of aryl methyl sites for hydroxylation is 1. The van der Waals surface area contributed by atoms with Gasteiger partial charge in [-0.15, -0.1) is 0 Å². The maximum Gasteiger partial charge on any atom is 0.221 e. The summed E-state index contributed by atoms with van der Waals surface area (Å²) in [5.74, 6) is -0.143. The quantitative estimate of drug-likeness (QED) is 0.604. The summed E-state index contributed by atoms with van der Waals surface area (Å²) in [6.45, 7) is 0. The van der Waals surface area contributed by atoms with Gasteiger partial charge in [0.15, 0.2) is 0 Å². The van der Waals surface area contributed by atoms with Crippen molar-refractivity contribution in [3.8, 4) is 17.0 Å². The van der Waals surface area contributed by atoms with Crippen LogP contribution < -0.4 is 4.74 Å². The van der Waals surface area contributed by atoms with E-state index in [1.807, 2.05) is 0 Å². The zero-order valence-electron chi connectivity index (χ0n) is 14.8. The smallest absolute Gasteiger partial charge is 0.221 e. The standard InChI is InChI=1S/C21H20F2N2O2/c22-19-12-14(13-20(23)18(19)8-7-16-9-11-25-27-16)17-6-3-10-24-21(17)26-15-4-1-2-5-15/h3,6,9-13,15H,1-2,4-5,7-8H2.